The molecular weight excluding hydrogens is 302 g/mol. The molecule has 1 aliphatic heterocycles. The quantitative estimate of drug-likeness (QED) is 0.764. The number of hydrogen-bond acceptors (Lipinski definition) is 4. The molecule has 24 heavy (non-hydrogen) atoms. The Kier molecular flexibility index (Phi) is 5.54. The van der Waals surface area contributed by atoms with Crippen LogP contribution in [-0.4, -0.2) is 40.6 Å². The van der Waals surface area contributed by atoms with Gasteiger partial charge in [0.15, 0.2) is 0 Å². The molecule has 1 saturated heterocycles. The number of nitrogens with two attached hydrogens (primary N) is 1. The number of hydrogen-bond donors (Lipinski definition) is 3. The number of nitrogens with one attached hydrogen (secondary N) is 1. The fourth-order valence-corrected chi connectivity index (χ4v) is 3.79. The molecule has 132 valence electrons. The third-order valence-corrected chi connectivity index (χ3v) is 5.46. The predicted octanol–water partition coefficient (Wildman–Crippen LogP) is 1.53. The molecule has 1 aromatic carbocycles. The van der Waals surface area contributed by atoms with E-state index in [0.29, 0.717) is 6.54 Å². The zero-order valence-corrected chi connectivity index (χ0v) is 14.3. The van der Waals surface area contributed by atoms with Gasteiger partial charge in [-0.15, -0.1) is 0 Å². The van der Waals surface area contributed by atoms with Crippen molar-refractivity contribution in [1.82, 2.24) is 10.2 Å². The fraction of sp³-hybridized carbons (Fsp3) is 0.632. The lowest BCUT2D eigenvalue weighted by Gasteiger charge is -2.30. The largest absolute Gasteiger partial charge is 0.393 e. The van der Waals surface area contributed by atoms with Crippen molar-refractivity contribution in [1.29, 1.82) is 0 Å². The van der Waals surface area contributed by atoms with Crippen LogP contribution < -0.4 is 11.1 Å². The first-order valence-electron chi connectivity index (χ1n) is 9.11. The van der Waals surface area contributed by atoms with Crippen LogP contribution in [0.2, 0.25) is 0 Å². The van der Waals surface area contributed by atoms with Crippen LogP contribution in [0.5, 0.6) is 0 Å². The molecule has 4 N–H and O–H groups in total. The van der Waals surface area contributed by atoms with Crippen LogP contribution in [-0.2, 0) is 17.9 Å². The molecule has 2 aliphatic rings. The smallest absolute Gasteiger partial charge is 0.240 e. The van der Waals surface area contributed by atoms with E-state index >= 15 is 0 Å². The SMILES string of the molecule is NC1(C(=O)NCc2ccccc2CN2CCC(O)CC2)CCCC1. The normalized spacial score (nSPS) is 21.8. The van der Waals surface area contributed by atoms with Gasteiger partial charge >= 0.3 is 0 Å². The van der Waals surface area contributed by atoms with Crippen LogP contribution >= 0.6 is 0 Å². The monoisotopic (exact) mass is 331 g/mol. The minimum Gasteiger partial charge on any atom is -0.393 e. The molecule has 1 amide bonds. The van der Waals surface area contributed by atoms with E-state index in [1.807, 2.05) is 12.1 Å². The van der Waals surface area contributed by atoms with Crippen molar-refractivity contribution in [3.8, 4) is 0 Å². The molecule has 0 atom stereocenters. The van der Waals surface area contributed by atoms with Crippen LogP contribution in [0.15, 0.2) is 24.3 Å². The van der Waals surface area contributed by atoms with E-state index in [1.165, 1.54) is 5.56 Å². The van der Waals surface area contributed by atoms with Crippen molar-refractivity contribution in [3.05, 3.63) is 35.4 Å². The van der Waals surface area contributed by atoms with Crippen molar-refractivity contribution < 1.29 is 9.90 Å². The van der Waals surface area contributed by atoms with Gasteiger partial charge in [0, 0.05) is 26.2 Å². The lowest BCUT2D eigenvalue weighted by Crippen LogP contribution is -2.51. The van der Waals surface area contributed by atoms with Gasteiger partial charge in [0.1, 0.15) is 0 Å². The summed E-state index contributed by atoms with van der Waals surface area (Å²) >= 11 is 0. The average molecular weight is 331 g/mol. The van der Waals surface area contributed by atoms with Gasteiger partial charge < -0.3 is 16.2 Å². The van der Waals surface area contributed by atoms with E-state index in [9.17, 15) is 9.90 Å². The number of amides is 1. The second-order valence-electron chi connectivity index (χ2n) is 7.32. The number of carbonyl (C=O) groups is 1. The summed E-state index contributed by atoms with van der Waals surface area (Å²) < 4.78 is 0. The van der Waals surface area contributed by atoms with Crippen LogP contribution in [0.1, 0.15) is 49.7 Å². The first-order chi connectivity index (χ1) is 11.6. The summed E-state index contributed by atoms with van der Waals surface area (Å²) in [5.41, 5.74) is 7.95. The molecule has 0 aromatic heterocycles. The van der Waals surface area contributed by atoms with E-state index < -0.39 is 5.54 Å². The number of rotatable bonds is 5. The first kappa shape index (κ1) is 17.4. The number of benzene rings is 1. The van der Waals surface area contributed by atoms with E-state index in [0.717, 1.165) is 63.7 Å². The van der Waals surface area contributed by atoms with Gasteiger partial charge in [0.05, 0.1) is 11.6 Å². The molecule has 0 spiro atoms. The average Bonchev–Trinajstić information content (AvgIpc) is 3.04. The Bertz CT molecular complexity index is 561. The Morgan fingerprint density at radius 2 is 1.83 bits per heavy atom. The number of aliphatic hydroxyl groups is 1. The number of carbonyl (C=O) groups excluding carboxylic acids is 1. The summed E-state index contributed by atoms with van der Waals surface area (Å²) in [7, 11) is 0. The molecule has 3 rings (SSSR count). The van der Waals surface area contributed by atoms with E-state index in [-0.39, 0.29) is 12.0 Å². The van der Waals surface area contributed by atoms with Gasteiger partial charge in [-0.05, 0) is 36.8 Å². The topological polar surface area (TPSA) is 78.6 Å². The van der Waals surface area contributed by atoms with Gasteiger partial charge in [0.2, 0.25) is 5.91 Å². The van der Waals surface area contributed by atoms with Gasteiger partial charge in [0.25, 0.3) is 0 Å². The molecule has 1 aliphatic carbocycles. The molecule has 1 heterocycles. The first-order valence-corrected chi connectivity index (χ1v) is 9.11. The third-order valence-electron chi connectivity index (χ3n) is 5.46. The highest BCUT2D eigenvalue weighted by Gasteiger charge is 2.36. The number of piperidine rings is 1. The third kappa shape index (κ3) is 4.15. The predicted molar refractivity (Wildman–Crippen MR) is 94.2 cm³/mol. The van der Waals surface area contributed by atoms with Crippen LogP contribution in [0, 0.1) is 0 Å². The molecule has 2 fully saturated rings. The van der Waals surface area contributed by atoms with Crippen molar-refractivity contribution >= 4 is 5.91 Å². The minimum absolute atomic E-state index is 0.0177. The summed E-state index contributed by atoms with van der Waals surface area (Å²) in [6.07, 6.45) is 5.20. The van der Waals surface area contributed by atoms with Crippen LogP contribution in [0.3, 0.4) is 0 Å². The Morgan fingerprint density at radius 3 is 2.50 bits per heavy atom. The van der Waals surface area contributed by atoms with Gasteiger partial charge in [-0.3, -0.25) is 9.69 Å². The molecule has 0 bridgehead atoms. The fourth-order valence-electron chi connectivity index (χ4n) is 3.79. The number of nitrogens with zero attached hydrogens (tertiary/aromatic N) is 1. The highest BCUT2D eigenvalue weighted by Crippen LogP contribution is 2.27. The maximum atomic E-state index is 12.4. The highest BCUT2D eigenvalue weighted by atomic mass is 16.3. The Labute approximate surface area is 144 Å². The summed E-state index contributed by atoms with van der Waals surface area (Å²) in [5.74, 6) is -0.0177. The van der Waals surface area contributed by atoms with E-state index in [4.69, 9.17) is 5.73 Å². The van der Waals surface area contributed by atoms with Crippen LogP contribution in [0.25, 0.3) is 0 Å². The Morgan fingerprint density at radius 1 is 1.21 bits per heavy atom. The molecule has 0 unspecified atom stereocenters. The zero-order valence-electron chi connectivity index (χ0n) is 14.3. The minimum atomic E-state index is -0.669. The second-order valence-corrected chi connectivity index (χ2v) is 7.32. The lowest BCUT2D eigenvalue weighted by atomic mass is 9.97. The summed E-state index contributed by atoms with van der Waals surface area (Å²) in [4.78, 5) is 14.8. The van der Waals surface area contributed by atoms with Crippen molar-refractivity contribution in [2.75, 3.05) is 13.1 Å². The standard InChI is InChI=1S/C19H29N3O2/c20-19(9-3-4-10-19)18(24)21-13-15-5-1-2-6-16(15)14-22-11-7-17(23)8-12-22/h1-2,5-6,17,23H,3-4,7-14,20H2,(H,21,24). The van der Waals surface area contributed by atoms with E-state index in [2.05, 4.69) is 22.3 Å². The summed E-state index contributed by atoms with van der Waals surface area (Å²) in [5, 5.41) is 12.7. The summed E-state index contributed by atoms with van der Waals surface area (Å²) in [6, 6.07) is 8.26. The lowest BCUT2D eigenvalue weighted by molar-refractivity contribution is -0.126. The van der Waals surface area contributed by atoms with Gasteiger partial charge in [-0.2, -0.15) is 0 Å². The molecule has 1 saturated carbocycles. The number of aliphatic hydroxyl groups excluding tert-OH is 1. The Hall–Kier alpha value is -1.43. The van der Waals surface area contributed by atoms with Crippen molar-refractivity contribution in [2.45, 2.75) is 63.3 Å². The second kappa shape index (κ2) is 7.64. The van der Waals surface area contributed by atoms with Crippen LogP contribution in [0.4, 0.5) is 0 Å². The molecule has 5 heteroatoms. The maximum Gasteiger partial charge on any atom is 0.240 e. The number of likely N-dealkylation sites (tertiary alicyclic amines) is 1. The molecule has 5 nitrogen and oxygen atoms in total. The van der Waals surface area contributed by atoms with E-state index in [1.54, 1.807) is 0 Å². The van der Waals surface area contributed by atoms with Crippen molar-refractivity contribution in [3.63, 3.8) is 0 Å². The van der Waals surface area contributed by atoms with Gasteiger partial charge in [-0.25, -0.2) is 0 Å². The molecule has 0 radical (unpaired) electrons. The molecule has 1 aromatic rings. The molecular formula is C19H29N3O2. The van der Waals surface area contributed by atoms with Crippen molar-refractivity contribution in [2.24, 2.45) is 5.73 Å². The highest BCUT2D eigenvalue weighted by molar-refractivity contribution is 5.86. The zero-order chi connectivity index (χ0) is 17.0. The summed E-state index contributed by atoms with van der Waals surface area (Å²) in [6.45, 7) is 3.25. The maximum absolute atomic E-state index is 12.4. The van der Waals surface area contributed by atoms with Gasteiger partial charge in [-0.1, -0.05) is 37.1 Å². The Balaban J connectivity index is 1.58.